The molecule has 1 fully saturated rings. The van der Waals surface area contributed by atoms with E-state index in [1.54, 1.807) is 12.0 Å². The van der Waals surface area contributed by atoms with Crippen molar-refractivity contribution in [1.29, 1.82) is 5.26 Å². The average molecular weight is 321 g/mol. The van der Waals surface area contributed by atoms with Gasteiger partial charge in [0, 0.05) is 24.2 Å². The van der Waals surface area contributed by atoms with Crippen molar-refractivity contribution in [2.24, 2.45) is 0 Å². The first-order valence-corrected chi connectivity index (χ1v) is 8.22. The van der Waals surface area contributed by atoms with Crippen LogP contribution in [0.25, 0.3) is 11.4 Å². The summed E-state index contributed by atoms with van der Waals surface area (Å²) in [5, 5.41) is 9.25. The summed E-state index contributed by atoms with van der Waals surface area (Å²) in [6, 6.07) is 7.80. The SMILES string of the molecule is COc1cccc(-c2nc3c(c(N4CCCC4)n2)CN(C#N)C3)c1. The molecule has 0 aliphatic carbocycles. The number of ether oxygens (including phenoxy) is 1. The molecule has 4 rings (SSSR count). The van der Waals surface area contributed by atoms with Gasteiger partial charge in [0.2, 0.25) is 0 Å². The van der Waals surface area contributed by atoms with E-state index < -0.39 is 0 Å². The Bertz CT molecular complexity index is 808. The van der Waals surface area contributed by atoms with Crippen LogP contribution in [0.2, 0.25) is 0 Å². The summed E-state index contributed by atoms with van der Waals surface area (Å²) in [5.41, 5.74) is 3.00. The monoisotopic (exact) mass is 321 g/mol. The van der Waals surface area contributed by atoms with Crippen LogP contribution < -0.4 is 9.64 Å². The van der Waals surface area contributed by atoms with Crippen LogP contribution in [-0.4, -0.2) is 35.1 Å². The summed E-state index contributed by atoms with van der Waals surface area (Å²) in [5.74, 6) is 2.49. The average Bonchev–Trinajstić information content (AvgIpc) is 3.30. The Morgan fingerprint density at radius 1 is 1.17 bits per heavy atom. The Morgan fingerprint density at radius 3 is 2.75 bits per heavy atom. The topological polar surface area (TPSA) is 65.3 Å². The standard InChI is InChI=1S/C18H19N5O/c1-24-14-6-4-5-13(9-14)17-20-16-11-22(12-19)10-15(16)18(21-17)23-7-2-3-8-23/h4-6,9H,2-3,7-8,10-11H2,1H3. The van der Waals surface area contributed by atoms with Gasteiger partial charge in [-0.15, -0.1) is 0 Å². The quantitative estimate of drug-likeness (QED) is 0.810. The van der Waals surface area contributed by atoms with Gasteiger partial charge in [0.25, 0.3) is 0 Å². The highest BCUT2D eigenvalue weighted by atomic mass is 16.5. The molecule has 3 heterocycles. The lowest BCUT2D eigenvalue weighted by atomic mass is 10.1. The lowest BCUT2D eigenvalue weighted by Gasteiger charge is -2.20. The first-order valence-electron chi connectivity index (χ1n) is 8.22. The summed E-state index contributed by atoms with van der Waals surface area (Å²) < 4.78 is 5.32. The zero-order valence-corrected chi connectivity index (χ0v) is 13.7. The predicted molar refractivity (Wildman–Crippen MR) is 90.3 cm³/mol. The van der Waals surface area contributed by atoms with Gasteiger partial charge in [0.15, 0.2) is 12.0 Å². The van der Waals surface area contributed by atoms with Crippen LogP contribution in [0.15, 0.2) is 24.3 Å². The fraction of sp³-hybridized carbons (Fsp3) is 0.389. The van der Waals surface area contributed by atoms with Gasteiger partial charge >= 0.3 is 0 Å². The van der Waals surface area contributed by atoms with E-state index in [0.29, 0.717) is 18.9 Å². The number of hydrogen-bond donors (Lipinski definition) is 0. The number of aromatic nitrogens is 2. The molecule has 1 saturated heterocycles. The van der Waals surface area contributed by atoms with Gasteiger partial charge in [0.05, 0.1) is 25.9 Å². The van der Waals surface area contributed by atoms with Gasteiger partial charge in [-0.25, -0.2) is 9.97 Å². The van der Waals surface area contributed by atoms with Crippen molar-refractivity contribution in [2.75, 3.05) is 25.1 Å². The van der Waals surface area contributed by atoms with Crippen molar-refractivity contribution in [1.82, 2.24) is 14.9 Å². The minimum Gasteiger partial charge on any atom is -0.497 e. The molecule has 0 bridgehead atoms. The Balaban J connectivity index is 1.81. The second-order valence-corrected chi connectivity index (χ2v) is 6.18. The van der Waals surface area contributed by atoms with Gasteiger partial charge in [-0.3, -0.25) is 0 Å². The third kappa shape index (κ3) is 2.52. The van der Waals surface area contributed by atoms with Gasteiger partial charge in [-0.1, -0.05) is 12.1 Å². The van der Waals surface area contributed by atoms with E-state index in [0.717, 1.165) is 41.5 Å². The third-order valence-corrected chi connectivity index (χ3v) is 4.64. The largest absolute Gasteiger partial charge is 0.497 e. The zero-order valence-electron chi connectivity index (χ0n) is 13.7. The molecule has 2 aromatic rings. The second kappa shape index (κ2) is 6.00. The number of fused-ring (bicyclic) bond motifs is 1. The van der Waals surface area contributed by atoms with Crippen LogP contribution in [0.4, 0.5) is 5.82 Å². The summed E-state index contributed by atoms with van der Waals surface area (Å²) >= 11 is 0. The molecule has 0 radical (unpaired) electrons. The maximum absolute atomic E-state index is 9.25. The van der Waals surface area contributed by atoms with Crippen LogP contribution in [-0.2, 0) is 13.1 Å². The lowest BCUT2D eigenvalue weighted by molar-refractivity contribution is 0.414. The molecule has 1 aromatic heterocycles. The minimum absolute atomic E-state index is 0.562. The summed E-state index contributed by atoms with van der Waals surface area (Å²) in [6.07, 6.45) is 4.61. The fourth-order valence-electron chi connectivity index (χ4n) is 3.39. The van der Waals surface area contributed by atoms with Crippen molar-refractivity contribution < 1.29 is 4.74 Å². The van der Waals surface area contributed by atoms with Crippen molar-refractivity contribution in [3.8, 4) is 23.3 Å². The molecule has 2 aliphatic rings. The number of benzene rings is 1. The first-order chi connectivity index (χ1) is 11.8. The van der Waals surface area contributed by atoms with Gasteiger partial charge in [-0.2, -0.15) is 5.26 Å². The first kappa shape index (κ1) is 14.8. The van der Waals surface area contributed by atoms with E-state index in [9.17, 15) is 5.26 Å². The zero-order chi connectivity index (χ0) is 16.5. The molecule has 0 amide bonds. The van der Waals surface area contributed by atoms with Gasteiger partial charge in [0.1, 0.15) is 11.6 Å². The fourth-order valence-corrected chi connectivity index (χ4v) is 3.39. The molecule has 0 saturated carbocycles. The van der Waals surface area contributed by atoms with E-state index in [2.05, 4.69) is 11.1 Å². The molecule has 0 unspecified atom stereocenters. The molecule has 2 aliphatic heterocycles. The Hall–Kier alpha value is -2.81. The minimum atomic E-state index is 0.562. The maximum atomic E-state index is 9.25. The normalized spacial score (nSPS) is 16.2. The number of anilines is 1. The van der Waals surface area contributed by atoms with E-state index >= 15 is 0 Å². The van der Waals surface area contributed by atoms with Crippen LogP contribution in [0.3, 0.4) is 0 Å². The van der Waals surface area contributed by atoms with Crippen LogP contribution >= 0.6 is 0 Å². The highest BCUT2D eigenvalue weighted by molar-refractivity contribution is 5.63. The van der Waals surface area contributed by atoms with Gasteiger partial charge in [-0.05, 0) is 25.0 Å². The Morgan fingerprint density at radius 2 is 2.00 bits per heavy atom. The molecule has 24 heavy (non-hydrogen) atoms. The van der Waals surface area contributed by atoms with Crippen molar-refractivity contribution in [3.63, 3.8) is 0 Å². The number of rotatable bonds is 3. The molecular formula is C18H19N5O. The van der Waals surface area contributed by atoms with Crippen molar-refractivity contribution >= 4 is 5.82 Å². The second-order valence-electron chi connectivity index (χ2n) is 6.18. The highest BCUT2D eigenvalue weighted by Gasteiger charge is 2.28. The molecule has 1 aromatic carbocycles. The van der Waals surface area contributed by atoms with Crippen LogP contribution in [0.1, 0.15) is 24.1 Å². The maximum Gasteiger partial charge on any atom is 0.180 e. The van der Waals surface area contributed by atoms with Gasteiger partial charge < -0.3 is 14.5 Å². The number of hydrogen-bond acceptors (Lipinski definition) is 6. The Kier molecular flexibility index (Phi) is 3.69. The van der Waals surface area contributed by atoms with Crippen LogP contribution in [0.5, 0.6) is 5.75 Å². The molecule has 6 nitrogen and oxygen atoms in total. The number of nitrogens with zero attached hydrogens (tertiary/aromatic N) is 5. The van der Waals surface area contributed by atoms with Crippen molar-refractivity contribution in [2.45, 2.75) is 25.9 Å². The summed E-state index contributed by atoms with van der Waals surface area (Å²) in [4.78, 5) is 13.7. The number of methoxy groups -OCH3 is 1. The third-order valence-electron chi connectivity index (χ3n) is 4.64. The highest BCUT2D eigenvalue weighted by Crippen LogP contribution is 2.33. The molecule has 122 valence electrons. The molecule has 0 spiro atoms. The number of nitriles is 1. The Labute approximate surface area is 141 Å². The summed E-state index contributed by atoms with van der Waals surface area (Å²) in [6.45, 7) is 3.21. The van der Waals surface area contributed by atoms with E-state index in [1.807, 2.05) is 24.3 Å². The lowest BCUT2D eigenvalue weighted by Crippen LogP contribution is -2.21. The van der Waals surface area contributed by atoms with Crippen molar-refractivity contribution in [3.05, 3.63) is 35.5 Å². The molecular weight excluding hydrogens is 302 g/mol. The smallest absolute Gasteiger partial charge is 0.180 e. The molecule has 0 atom stereocenters. The predicted octanol–water partition coefficient (Wildman–Crippen LogP) is 2.55. The van der Waals surface area contributed by atoms with E-state index in [4.69, 9.17) is 14.7 Å². The van der Waals surface area contributed by atoms with Crippen LogP contribution in [0, 0.1) is 11.5 Å². The molecule has 6 heteroatoms. The molecule has 0 N–H and O–H groups in total. The van der Waals surface area contributed by atoms with E-state index in [-0.39, 0.29) is 0 Å². The van der Waals surface area contributed by atoms with E-state index in [1.165, 1.54) is 12.8 Å². The summed E-state index contributed by atoms with van der Waals surface area (Å²) in [7, 11) is 1.66.